The largest absolute Gasteiger partial charge is 0.478 e. The van der Waals surface area contributed by atoms with E-state index in [4.69, 9.17) is 5.11 Å². The smallest absolute Gasteiger partial charge is 0.335 e. The van der Waals surface area contributed by atoms with Gasteiger partial charge in [0, 0.05) is 30.5 Å². The predicted molar refractivity (Wildman–Crippen MR) is 69.8 cm³/mol. The summed E-state index contributed by atoms with van der Waals surface area (Å²) in [6, 6.07) is 9.16. The molecule has 0 atom stereocenters. The molecule has 0 saturated carbocycles. The molecule has 0 aliphatic carbocycles. The average Bonchev–Trinajstić information content (AvgIpc) is 2.39. The van der Waals surface area contributed by atoms with E-state index >= 15 is 0 Å². The van der Waals surface area contributed by atoms with Gasteiger partial charge in [-0.1, -0.05) is 6.07 Å². The van der Waals surface area contributed by atoms with Gasteiger partial charge in [0.05, 0.1) is 5.56 Å². The lowest BCUT2D eigenvalue weighted by atomic mass is 10.2. The molecule has 0 spiro atoms. The van der Waals surface area contributed by atoms with Crippen molar-refractivity contribution >= 4 is 11.7 Å². The number of carboxylic acids is 1. The average molecular weight is 260 g/mol. The number of aromatic carboxylic acids is 1. The van der Waals surface area contributed by atoms with Gasteiger partial charge in [0.15, 0.2) is 0 Å². The number of rotatable bonds is 5. The summed E-state index contributed by atoms with van der Waals surface area (Å²) < 4.78 is 12.9. The minimum atomic E-state index is -0.971. The minimum absolute atomic E-state index is 0.218. The Morgan fingerprint density at radius 2 is 2.16 bits per heavy atom. The lowest BCUT2D eigenvalue weighted by Gasteiger charge is -2.06. The molecule has 98 valence electrons. The van der Waals surface area contributed by atoms with E-state index in [1.807, 2.05) is 0 Å². The van der Waals surface area contributed by atoms with Crippen LogP contribution in [0.4, 0.5) is 10.1 Å². The van der Waals surface area contributed by atoms with Gasteiger partial charge in [-0.2, -0.15) is 0 Å². The fraction of sp³-hybridized carbons (Fsp3) is 0.143. The Hall–Kier alpha value is -2.43. The van der Waals surface area contributed by atoms with Crippen LogP contribution >= 0.6 is 0 Å². The zero-order valence-corrected chi connectivity index (χ0v) is 10.1. The Morgan fingerprint density at radius 1 is 1.32 bits per heavy atom. The van der Waals surface area contributed by atoms with Crippen LogP contribution in [0.5, 0.6) is 0 Å². The molecule has 0 amide bonds. The maximum atomic E-state index is 12.9. The summed E-state index contributed by atoms with van der Waals surface area (Å²) in [5, 5.41) is 11.9. The molecule has 1 heterocycles. The highest BCUT2D eigenvalue weighted by molar-refractivity contribution is 5.87. The van der Waals surface area contributed by atoms with Gasteiger partial charge in [0.1, 0.15) is 5.82 Å². The molecule has 0 fully saturated rings. The highest BCUT2D eigenvalue weighted by atomic mass is 19.1. The summed E-state index contributed by atoms with van der Waals surface area (Å²) in [5.74, 6) is -1.27. The van der Waals surface area contributed by atoms with Crippen molar-refractivity contribution in [2.75, 3.05) is 11.9 Å². The molecule has 0 bridgehead atoms. The Morgan fingerprint density at radius 3 is 2.89 bits per heavy atom. The van der Waals surface area contributed by atoms with Crippen molar-refractivity contribution < 1.29 is 14.3 Å². The lowest BCUT2D eigenvalue weighted by Crippen LogP contribution is -2.07. The molecule has 2 aromatic rings. The second-order valence-corrected chi connectivity index (χ2v) is 4.03. The number of aromatic nitrogens is 1. The summed E-state index contributed by atoms with van der Waals surface area (Å²) in [6.45, 7) is 0.555. The molecule has 0 saturated heterocycles. The predicted octanol–water partition coefficient (Wildman–Crippen LogP) is 2.57. The third-order valence-electron chi connectivity index (χ3n) is 2.60. The number of hydrogen-bond acceptors (Lipinski definition) is 3. The Balaban J connectivity index is 1.92. The SMILES string of the molecule is O=C(O)c1ccnc(CCNc2cccc(F)c2)c1. The van der Waals surface area contributed by atoms with E-state index in [9.17, 15) is 9.18 Å². The molecular formula is C14H13FN2O2. The first-order valence-corrected chi connectivity index (χ1v) is 5.83. The monoisotopic (exact) mass is 260 g/mol. The van der Waals surface area contributed by atoms with Gasteiger partial charge in [-0.15, -0.1) is 0 Å². The number of nitrogens with zero attached hydrogens (tertiary/aromatic N) is 1. The van der Waals surface area contributed by atoms with E-state index in [0.717, 1.165) is 0 Å². The van der Waals surface area contributed by atoms with Crippen LogP contribution < -0.4 is 5.32 Å². The molecule has 19 heavy (non-hydrogen) atoms. The van der Waals surface area contributed by atoms with Crippen molar-refractivity contribution in [2.45, 2.75) is 6.42 Å². The lowest BCUT2D eigenvalue weighted by molar-refractivity contribution is 0.0696. The van der Waals surface area contributed by atoms with Gasteiger partial charge < -0.3 is 10.4 Å². The Labute approximate surface area is 109 Å². The van der Waals surface area contributed by atoms with E-state index in [0.29, 0.717) is 24.3 Å². The zero-order valence-electron chi connectivity index (χ0n) is 10.1. The summed E-state index contributed by atoms with van der Waals surface area (Å²) in [6.07, 6.45) is 2.04. The van der Waals surface area contributed by atoms with Crippen LogP contribution in [0.1, 0.15) is 16.1 Å². The van der Waals surface area contributed by atoms with Crippen molar-refractivity contribution in [1.29, 1.82) is 0 Å². The highest BCUT2D eigenvalue weighted by Gasteiger charge is 2.04. The molecule has 2 N–H and O–H groups in total. The van der Waals surface area contributed by atoms with Crippen LogP contribution in [0.15, 0.2) is 42.6 Å². The van der Waals surface area contributed by atoms with E-state index in [1.54, 1.807) is 12.1 Å². The first-order chi connectivity index (χ1) is 9.15. The summed E-state index contributed by atoms with van der Waals surface area (Å²) in [4.78, 5) is 14.9. The second-order valence-electron chi connectivity index (χ2n) is 4.03. The fourth-order valence-corrected chi connectivity index (χ4v) is 1.68. The van der Waals surface area contributed by atoms with Crippen LogP contribution in [-0.2, 0) is 6.42 Å². The van der Waals surface area contributed by atoms with Crippen molar-refractivity contribution in [3.8, 4) is 0 Å². The zero-order chi connectivity index (χ0) is 13.7. The van der Waals surface area contributed by atoms with Gasteiger partial charge >= 0.3 is 5.97 Å². The summed E-state index contributed by atoms with van der Waals surface area (Å²) in [5.41, 5.74) is 1.59. The van der Waals surface area contributed by atoms with Crippen LogP contribution in [0.3, 0.4) is 0 Å². The quantitative estimate of drug-likeness (QED) is 0.867. The third-order valence-corrected chi connectivity index (χ3v) is 2.60. The van der Waals surface area contributed by atoms with Crippen molar-refractivity contribution in [3.05, 3.63) is 59.7 Å². The molecule has 1 aromatic heterocycles. The molecular weight excluding hydrogens is 247 g/mol. The maximum absolute atomic E-state index is 12.9. The normalized spacial score (nSPS) is 10.2. The van der Waals surface area contributed by atoms with E-state index in [-0.39, 0.29) is 11.4 Å². The van der Waals surface area contributed by atoms with E-state index in [1.165, 1.54) is 30.5 Å². The Kier molecular flexibility index (Phi) is 4.07. The number of carboxylic acid groups (broad SMARTS) is 1. The number of nitrogens with one attached hydrogen (secondary N) is 1. The van der Waals surface area contributed by atoms with Crippen LogP contribution in [0, 0.1) is 5.82 Å². The van der Waals surface area contributed by atoms with E-state index in [2.05, 4.69) is 10.3 Å². The van der Waals surface area contributed by atoms with Gasteiger partial charge in [-0.3, -0.25) is 4.98 Å². The van der Waals surface area contributed by atoms with Crippen LogP contribution in [0.25, 0.3) is 0 Å². The standard InChI is InChI=1S/C14H13FN2O2/c15-11-2-1-3-12(9-11)17-7-5-13-8-10(14(18)19)4-6-16-13/h1-4,6,8-9,17H,5,7H2,(H,18,19). The van der Waals surface area contributed by atoms with Crippen LogP contribution in [0.2, 0.25) is 0 Å². The van der Waals surface area contributed by atoms with Gasteiger partial charge in [0.2, 0.25) is 0 Å². The van der Waals surface area contributed by atoms with Crippen molar-refractivity contribution in [1.82, 2.24) is 4.98 Å². The molecule has 5 heteroatoms. The fourth-order valence-electron chi connectivity index (χ4n) is 1.68. The van der Waals surface area contributed by atoms with Crippen molar-refractivity contribution in [3.63, 3.8) is 0 Å². The summed E-state index contributed by atoms with van der Waals surface area (Å²) >= 11 is 0. The number of anilines is 1. The van der Waals surface area contributed by atoms with Gasteiger partial charge in [-0.25, -0.2) is 9.18 Å². The molecule has 0 radical (unpaired) electrons. The molecule has 0 aliphatic heterocycles. The molecule has 0 unspecified atom stereocenters. The van der Waals surface area contributed by atoms with Gasteiger partial charge in [-0.05, 0) is 30.3 Å². The Bertz CT molecular complexity index is 587. The molecule has 0 aliphatic rings. The third kappa shape index (κ3) is 3.77. The highest BCUT2D eigenvalue weighted by Crippen LogP contribution is 2.09. The molecule has 4 nitrogen and oxygen atoms in total. The first-order valence-electron chi connectivity index (χ1n) is 5.83. The van der Waals surface area contributed by atoms with Crippen molar-refractivity contribution in [2.24, 2.45) is 0 Å². The number of benzene rings is 1. The second kappa shape index (κ2) is 5.95. The van der Waals surface area contributed by atoms with Crippen LogP contribution in [-0.4, -0.2) is 22.6 Å². The molecule has 2 rings (SSSR count). The minimum Gasteiger partial charge on any atom is -0.478 e. The maximum Gasteiger partial charge on any atom is 0.335 e. The number of hydrogen-bond donors (Lipinski definition) is 2. The number of carbonyl (C=O) groups is 1. The van der Waals surface area contributed by atoms with Gasteiger partial charge in [0.25, 0.3) is 0 Å². The number of halogens is 1. The summed E-state index contributed by atoms with van der Waals surface area (Å²) in [7, 11) is 0. The topological polar surface area (TPSA) is 62.2 Å². The molecule has 1 aromatic carbocycles. The van der Waals surface area contributed by atoms with E-state index < -0.39 is 5.97 Å². The first kappa shape index (κ1) is 13.0. The number of pyridine rings is 1.